The van der Waals surface area contributed by atoms with Gasteiger partial charge in [-0.2, -0.15) is 0 Å². The largest absolute Gasteiger partial charge is 0.348 e. The molecule has 1 atom stereocenters. The highest BCUT2D eigenvalue weighted by Crippen LogP contribution is 2.36. The minimum Gasteiger partial charge on any atom is -0.348 e. The van der Waals surface area contributed by atoms with Gasteiger partial charge < -0.3 is 9.88 Å². The monoisotopic (exact) mass is 424 g/mol. The third-order valence-electron chi connectivity index (χ3n) is 4.96. The van der Waals surface area contributed by atoms with Crippen molar-refractivity contribution in [1.82, 2.24) is 19.9 Å². The van der Waals surface area contributed by atoms with Gasteiger partial charge in [0.25, 0.3) is 0 Å². The van der Waals surface area contributed by atoms with Crippen LogP contribution in [0.1, 0.15) is 18.0 Å². The minimum atomic E-state index is -0.281. The van der Waals surface area contributed by atoms with Crippen molar-refractivity contribution in [2.45, 2.75) is 23.9 Å². The Morgan fingerprint density at radius 3 is 3.03 bits per heavy atom. The molecule has 3 heterocycles. The molecule has 0 bridgehead atoms. The van der Waals surface area contributed by atoms with Gasteiger partial charge in [-0.05, 0) is 42.3 Å². The van der Waals surface area contributed by atoms with Crippen LogP contribution in [0.4, 0.5) is 4.39 Å². The van der Waals surface area contributed by atoms with Gasteiger partial charge in [0.15, 0.2) is 5.82 Å². The third-order valence-corrected chi connectivity index (χ3v) is 6.67. The molecule has 1 unspecified atom stereocenters. The third kappa shape index (κ3) is 3.54. The van der Waals surface area contributed by atoms with Crippen molar-refractivity contribution in [3.05, 3.63) is 64.7 Å². The molecule has 1 N–H and O–H groups in total. The van der Waals surface area contributed by atoms with Crippen molar-refractivity contribution >= 4 is 40.0 Å². The number of nitrogens with one attached hydrogen (secondary N) is 1. The predicted octanol–water partition coefficient (Wildman–Crippen LogP) is 4.65. The molecule has 146 valence electrons. The second-order valence-electron chi connectivity index (χ2n) is 6.82. The number of rotatable bonds is 4. The Bertz CT molecular complexity index is 1190. The van der Waals surface area contributed by atoms with Crippen molar-refractivity contribution in [3.8, 4) is 11.5 Å². The summed E-state index contributed by atoms with van der Waals surface area (Å²) in [5.74, 6) is 1.16. The van der Waals surface area contributed by atoms with E-state index < -0.39 is 0 Å². The van der Waals surface area contributed by atoms with Crippen LogP contribution in [0.15, 0.2) is 58.3 Å². The zero-order chi connectivity index (χ0) is 19.8. The van der Waals surface area contributed by atoms with E-state index in [0.29, 0.717) is 5.82 Å². The summed E-state index contributed by atoms with van der Waals surface area (Å²) in [7, 11) is 0. The second kappa shape index (κ2) is 7.61. The van der Waals surface area contributed by atoms with Crippen LogP contribution < -0.4 is 5.32 Å². The molecule has 2 aromatic heterocycles. The molecule has 0 fully saturated rings. The number of nitrogens with zero attached hydrogens (tertiary/aromatic N) is 3. The number of fused-ring (bicyclic) bond motifs is 2. The number of hydrogen-bond donors (Lipinski definition) is 1. The van der Waals surface area contributed by atoms with E-state index >= 15 is 0 Å². The fourth-order valence-corrected chi connectivity index (χ4v) is 5.29. The smallest absolute Gasteiger partial charge is 0.240 e. The Kier molecular flexibility index (Phi) is 4.81. The Morgan fingerprint density at radius 2 is 2.17 bits per heavy atom. The van der Waals surface area contributed by atoms with Gasteiger partial charge in [-0.25, -0.2) is 14.4 Å². The number of carbonyl (C=O) groups excluding carboxylic acids is 1. The van der Waals surface area contributed by atoms with Crippen LogP contribution in [0.3, 0.4) is 0 Å². The van der Waals surface area contributed by atoms with Crippen LogP contribution in [0.2, 0.25) is 0 Å². The van der Waals surface area contributed by atoms with Crippen LogP contribution >= 0.6 is 23.1 Å². The lowest BCUT2D eigenvalue weighted by atomic mass is 10.0. The van der Waals surface area contributed by atoms with Crippen LogP contribution in [0.25, 0.3) is 22.6 Å². The lowest BCUT2D eigenvalue weighted by Crippen LogP contribution is -2.33. The van der Waals surface area contributed by atoms with Gasteiger partial charge in [-0.15, -0.1) is 23.1 Å². The topological polar surface area (TPSA) is 59.8 Å². The lowest BCUT2D eigenvalue weighted by Gasteiger charge is -2.26. The zero-order valence-corrected chi connectivity index (χ0v) is 17.0. The first-order valence-corrected chi connectivity index (χ1v) is 11.2. The number of carbonyl (C=O) groups is 1. The molecular weight excluding hydrogens is 407 g/mol. The first-order chi connectivity index (χ1) is 14.2. The molecule has 29 heavy (non-hydrogen) atoms. The van der Waals surface area contributed by atoms with Gasteiger partial charge in [0.1, 0.15) is 18.1 Å². The van der Waals surface area contributed by atoms with Gasteiger partial charge in [0.2, 0.25) is 5.91 Å². The van der Waals surface area contributed by atoms with E-state index in [1.54, 1.807) is 23.3 Å². The maximum Gasteiger partial charge on any atom is 0.240 e. The van der Waals surface area contributed by atoms with Gasteiger partial charge in [-0.3, -0.25) is 4.79 Å². The highest BCUT2D eigenvalue weighted by atomic mass is 32.2. The predicted molar refractivity (Wildman–Crippen MR) is 113 cm³/mol. The number of amides is 1. The average Bonchev–Trinajstić information content (AvgIpc) is 3.37. The molecule has 8 heteroatoms. The fourth-order valence-electron chi connectivity index (χ4n) is 3.65. The number of para-hydroxylation sites is 2. The van der Waals surface area contributed by atoms with Crippen molar-refractivity contribution in [3.63, 3.8) is 0 Å². The van der Waals surface area contributed by atoms with Crippen molar-refractivity contribution in [2.24, 2.45) is 0 Å². The van der Waals surface area contributed by atoms with E-state index in [4.69, 9.17) is 0 Å². The van der Waals surface area contributed by atoms with E-state index in [1.165, 1.54) is 23.5 Å². The molecule has 0 spiro atoms. The quantitative estimate of drug-likeness (QED) is 0.518. The summed E-state index contributed by atoms with van der Waals surface area (Å²) >= 11 is 3.19. The first-order valence-electron chi connectivity index (χ1n) is 9.24. The molecule has 1 aliphatic rings. The summed E-state index contributed by atoms with van der Waals surface area (Å²) in [6.07, 6.45) is 0.774. The standard InChI is InChI=1S/C21H17FN4OS2/c22-13-5-6-19-14(9-13)15(7-8-29-19)24-20(27)10-26-18-4-2-1-3-16(18)25-21(26)17-11-28-12-23-17/h1-6,9,11-12,15H,7-8,10H2,(H,24,27). The van der Waals surface area contributed by atoms with Gasteiger partial charge in [0.05, 0.1) is 22.6 Å². The number of halogens is 1. The summed E-state index contributed by atoms with van der Waals surface area (Å²) in [4.78, 5) is 23.0. The molecule has 4 aromatic rings. The number of thiazole rings is 1. The molecule has 5 nitrogen and oxygen atoms in total. The highest BCUT2D eigenvalue weighted by Gasteiger charge is 2.24. The minimum absolute atomic E-state index is 0.127. The Hall–Kier alpha value is -2.71. The van der Waals surface area contributed by atoms with Crippen LogP contribution in [0, 0.1) is 5.82 Å². The lowest BCUT2D eigenvalue weighted by molar-refractivity contribution is -0.122. The normalized spacial score (nSPS) is 16.0. The maximum atomic E-state index is 13.8. The average molecular weight is 425 g/mol. The van der Waals surface area contributed by atoms with E-state index in [0.717, 1.165) is 39.4 Å². The van der Waals surface area contributed by atoms with Crippen molar-refractivity contribution < 1.29 is 9.18 Å². The van der Waals surface area contributed by atoms with Crippen LogP contribution in [-0.4, -0.2) is 26.2 Å². The number of hydrogen-bond acceptors (Lipinski definition) is 5. The fraction of sp³-hybridized carbons (Fsp3) is 0.190. The first kappa shape index (κ1) is 18.3. The Balaban J connectivity index is 1.45. The van der Waals surface area contributed by atoms with Gasteiger partial charge >= 0.3 is 0 Å². The summed E-state index contributed by atoms with van der Waals surface area (Å²) in [5, 5.41) is 5.02. The van der Waals surface area contributed by atoms with Crippen LogP contribution in [-0.2, 0) is 11.3 Å². The number of benzene rings is 2. The maximum absolute atomic E-state index is 13.8. The van der Waals surface area contributed by atoms with Gasteiger partial charge in [-0.1, -0.05) is 12.1 Å². The Morgan fingerprint density at radius 1 is 1.28 bits per heavy atom. The summed E-state index contributed by atoms with van der Waals surface area (Å²) in [5.41, 5.74) is 5.07. The summed E-state index contributed by atoms with van der Waals surface area (Å²) in [6.45, 7) is 0.127. The van der Waals surface area contributed by atoms with Gasteiger partial charge in [0, 0.05) is 16.0 Å². The molecule has 0 saturated carbocycles. The summed E-state index contributed by atoms with van der Waals surface area (Å²) in [6, 6.07) is 12.3. The van der Waals surface area contributed by atoms with Crippen LogP contribution in [0.5, 0.6) is 0 Å². The van der Waals surface area contributed by atoms with E-state index in [-0.39, 0.29) is 24.3 Å². The number of aromatic nitrogens is 3. The molecule has 0 radical (unpaired) electrons. The molecule has 1 aliphatic heterocycles. The Labute approximate surface area is 175 Å². The summed E-state index contributed by atoms with van der Waals surface area (Å²) < 4.78 is 15.6. The molecule has 2 aromatic carbocycles. The molecule has 5 rings (SSSR count). The molecular formula is C21H17FN4OS2. The van der Waals surface area contributed by atoms with Crippen molar-refractivity contribution in [2.75, 3.05) is 5.75 Å². The number of imidazole rings is 1. The highest BCUT2D eigenvalue weighted by molar-refractivity contribution is 7.99. The SMILES string of the molecule is O=C(Cn1c(-c2cscn2)nc2ccccc21)NC1CCSc2ccc(F)cc21. The van der Waals surface area contributed by atoms with E-state index in [9.17, 15) is 9.18 Å². The molecule has 0 aliphatic carbocycles. The molecule has 1 amide bonds. The second-order valence-corrected chi connectivity index (χ2v) is 8.68. The molecule has 0 saturated heterocycles. The number of thioether (sulfide) groups is 1. The van der Waals surface area contributed by atoms with Crippen molar-refractivity contribution in [1.29, 1.82) is 0 Å². The van der Waals surface area contributed by atoms with E-state index in [1.807, 2.05) is 34.2 Å². The zero-order valence-electron chi connectivity index (χ0n) is 15.3. The van der Waals surface area contributed by atoms with E-state index in [2.05, 4.69) is 15.3 Å².